The largest absolute Gasteiger partial charge is 0.294 e. The zero-order valence-corrected chi connectivity index (χ0v) is 8.00. The van der Waals surface area contributed by atoms with Gasteiger partial charge >= 0.3 is 0 Å². The van der Waals surface area contributed by atoms with Crippen molar-refractivity contribution in [3.63, 3.8) is 0 Å². The summed E-state index contributed by atoms with van der Waals surface area (Å²) in [4.78, 5) is 11.2. The molecule has 0 aliphatic rings. The highest BCUT2D eigenvalue weighted by Gasteiger charge is 1.99. The van der Waals surface area contributed by atoms with Gasteiger partial charge in [0.1, 0.15) is 0 Å². The second-order valence-electron chi connectivity index (χ2n) is 2.41. The van der Waals surface area contributed by atoms with E-state index >= 15 is 0 Å². The topological polar surface area (TPSA) is 17.1 Å². The van der Waals surface area contributed by atoms with Crippen molar-refractivity contribution in [2.24, 2.45) is 0 Å². The fourth-order valence-corrected chi connectivity index (χ4v) is 0.825. The summed E-state index contributed by atoms with van der Waals surface area (Å²) in [5.74, 6) is 0.193. The van der Waals surface area contributed by atoms with Crippen LogP contribution in [-0.2, 0) is 4.79 Å². The third-order valence-corrected chi connectivity index (χ3v) is 1.53. The van der Waals surface area contributed by atoms with E-state index in [4.69, 9.17) is 0 Å². The monoisotopic (exact) mass is 164 g/mol. The molecule has 0 amide bonds. The summed E-state index contributed by atoms with van der Waals surface area (Å²) in [5, 5.41) is 0. The molecule has 1 heteroatoms. The Labute approximate surface area is 74.5 Å². The molecule has 0 aromatic rings. The Kier molecular flexibility index (Phi) is 5.98. The molecule has 0 heterocycles. The van der Waals surface area contributed by atoms with Gasteiger partial charge in [-0.25, -0.2) is 0 Å². The van der Waals surface area contributed by atoms with E-state index in [0.29, 0.717) is 6.42 Å². The number of carbonyl (C=O) groups is 1. The number of hydrogen-bond donors (Lipinski definition) is 0. The van der Waals surface area contributed by atoms with E-state index in [9.17, 15) is 4.79 Å². The van der Waals surface area contributed by atoms with Crippen molar-refractivity contribution in [3.05, 3.63) is 36.0 Å². The summed E-state index contributed by atoms with van der Waals surface area (Å²) < 4.78 is 0. The third-order valence-electron chi connectivity index (χ3n) is 1.53. The van der Waals surface area contributed by atoms with E-state index in [1.165, 1.54) is 0 Å². The van der Waals surface area contributed by atoms with Crippen LogP contribution in [0.2, 0.25) is 0 Å². The van der Waals surface area contributed by atoms with E-state index in [1.54, 1.807) is 0 Å². The van der Waals surface area contributed by atoms with E-state index < -0.39 is 0 Å². The molecule has 0 saturated heterocycles. The van der Waals surface area contributed by atoms with Gasteiger partial charge in [0.2, 0.25) is 0 Å². The third kappa shape index (κ3) is 3.91. The number of hydrogen-bond acceptors (Lipinski definition) is 1. The molecule has 0 aromatic heterocycles. The lowest BCUT2D eigenvalue weighted by Crippen LogP contribution is -1.96. The van der Waals surface area contributed by atoms with Crippen molar-refractivity contribution in [1.82, 2.24) is 0 Å². The van der Waals surface area contributed by atoms with Crippen molar-refractivity contribution in [2.75, 3.05) is 0 Å². The van der Waals surface area contributed by atoms with E-state index in [-0.39, 0.29) is 5.78 Å². The van der Waals surface area contributed by atoms with Crippen LogP contribution in [0.3, 0.4) is 0 Å². The highest BCUT2D eigenvalue weighted by Crippen LogP contribution is 2.01. The first-order valence-electron chi connectivity index (χ1n) is 4.25. The molecule has 1 nitrogen and oxygen atoms in total. The zero-order chi connectivity index (χ0) is 9.40. The van der Waals surface area contributed by atoms with E-state index in [0.717, 1.165) is 5.57 Å². The minimum atomic E-state index is 0.193. The summed E-state index contributed by atoms with van der Waals surface area (Å²) in [7, 11) is 0. The van der Waals surface area contributed by atoms with Gasteiger partial charge in [0.15, 0.2) is 5.78 Å². The van der Waals surface area contributed by atoms with Gasteiger partial charge in [-0.2, -0.15) is 0 Å². The first kappa shape index (κ1) is 10.9. The van der Waals surface area contributed by atoms with E-state index in [2.05, 4.69) is 0 Å². The highest BCUT2D eigenvalue weighted by molar-refractivity contribution is 5.97. The Hall–Kier alpha value is -1.11. The fraction of sp³-hybridized carbons (Fsp3) is 0.364. The van der Waals surface area contributed by atoms with Crippen molar-refractivity contribution < 1.29 is 4.79 Å². The predicted octanol–water partition coefficient (Wildman–Crippen LogP) is 3.04. The summed E-state index contributed by atoms with van der Waals surface area (Å²) in [6, 6.07) is 0. The molecule has 0 fully saturated rings. The van der Waals surface area contributed by atoms with Crippen molar-refractivity contribution >= 4 is 5.78 Å². The second kappa shape index (κ2) is 6.59. The molecule has 0 atom stereocenters. The molecule has 0 bridgehead atoms. The lowest BCUT2D eigenvalue weighted by molar-refractivity contribution is -0.115. The lowest BCUT2D eigenvalue weighted by Gasteiger charge is -1.94. The minimum Gasteiger partial charge on any atom is -0.294 e. The summed E-state index contributed by atoms with van der Waals surface area (Å²) >= 11 is 0. The van der Waals surface area contributed by atoms with Gasteiger partial charge in [-0.1, -0.05) is 37.3 Å². The van der Waals surface area contributed by atoms with Crippen LogP contribution in [0.15, 0.2) is 36.0 Å². The molecule has 0 spiro atoms. The van der Waals surface area contributed by atoms with Gasteiger partial charge in [-0.3, -0.25) is 4.79 Å². The Morgan fingerprint density at radius 1 is 1.25 bits per heavy atom. The van der Waals surface area contributed by atoms with Gasteiger partial charge < -0.3 is 0 Å². The molecule has 66 valence electrons. The van der Waals surface area contributed by atoms with Crippen molar-refractivity contribution in [1.29, 1.82) is 0 Å². The maximum Gasteiger partial charge on any atom is 0.162 e. The van der Waals surface area contributed by atoms with Gasteiger partial charge in [0, 0.05) is 12.0 Å². The molecule has 0 radical (unpaired) electrons. The van der Waals surface area contributed by atoms with Crippen LogP contribution in [0, 0.1) is 0 Å². The average molecular weight is 164 g/mol. The molecule has 0 saturated carbocycles. The quantitative estimate of drug-likeness (QED) is 0.461. The van der Waals surface area contributed by atoms with E-state index in [1.807, 2.05) is 51.2 Å². The van der Waals surface area contributed by atoms with Crippen LogP contribution >= 0.6 is 0 Å². The summed E-state index contributed by atoms with van der Waals surface area (Å²) in [5.41, 5.74) is 0.788. The van der Waals surface area contributed by atoms with Gasteiger partial charge in [0.05, 0.1) is 0 Å². The molecule has 0 aromatic carbocycles. The van der Waals surface area contributed by atoms with Gasteiger partial charge in [-0.15, -0.1) is 0 Å². The maximum atomic E-state index is 11.2. The van der Waals surface area contributed by atoms with Crippen LogP contribution in [0.5, 0.6) is 0 Å². The molecule has 0 aliphatic carbocycles. The number of ketones is 1. The minimum absolute atomic E-state index is 0.193. The SMILES string of the molecule is C\C=C/C=C\C(=C/C)C(=O)CC. The molecule has 0 rings (SSSR count). The van der Waals surface area contributed by atoms with Crippen LogP contribution in [-0.4, -0.2) is 5.78 Å². The second-order valence-corrected chi connectivity index (χ2v) is 2.41. The molecule has 0 N–H and O–H groups in total. The van der Waals surface area contributed by atoms with Crippen LogP contribution in [0.25, 0.3) is 0 Å². The first-order valence-corrected chi connectivity index (χ1v) is 4.25. The van der Waals surface area contributed by atoms with Crippen LogP contribution in [0.4, 0.5) is 0 Å². The Bertz CT molecular complexity index is 219. The van der Waals surface area contributed by atoms with Crippen LogP contribution in [0.1, 0.15) is 27.2 Å². The molecular weight excluding hydrogens is 148 g/mol. The molecule has 12 heavy (non-hydrogen) atoms. The summed E-state index contributed by atoms with van der Waals surface area (Å²) in [6.45, 7) is 5.69. The first-order chi connectivity index (χ1) is 5.76. The molecule has 0 aliphatic heterocycles. The number of allylic oxidation sites excluding steroid dienone is 6. The smallest absolute Gasteiger partial charge is 0.162 e. The number of rotatable bonds is 4. The average Bonchev–Trinajstić information content (AvgIpc) is 2.11. The predicted molar refractivity (Wildman–Crippen MR) is 53.0 cm³/mol. The summed E-state index contributed by atoms with van der Waals surface area (Å²) in [6.07, 6.45) is 9.97. The Morgan fingerprint density at radius 2 is 1.92 bits per heavy atom. The maximum absolute atomic E-state index is 11.2. The normalized spacial score (nSPS) is 13.1. The van der Waals surface area contributed by atoms with Crippen molar-refractivity contribution in [3.8, 4) is 0 Å². The Morgan fingerprint density at radius 3 is 2.33 bits per heavy atom. The van der Waals surface area contributed by atoms with Crippen LogP contribution < -0.4 is 0 Å². The van der Waals surface area contributed by atoms with Gasteiger partial charge in [-0.05, 0) is 13.8 Å². The Balaban J connectivity index is 4.29. The number of carbonyl (C=O) groups excluding carboxylic acids is 1. The lowest BCUT2D eigenvalue weighted by atomic mass is 10.1. The highest BCUT2D eigenvalue weighted by atomic mass is 16.1. The number of Topliss-reactive ketones (excluding diaryl/α,β-unsaturated/α-hetero) is 1. The molecular formula is C11H16O. The fourth-order valence-electron chi connectivity index (χ4n) is 0.825. The van der Waals surface area contributed by atoms with Gasteiger partial charge in [0.25, 0.3) is 0 Å². The standard InChI is InChI=1S/C11H16O/c1-4-7-8-9-10(5-2)11(12)6-3/h4-5,7-9H,6H2,1-3H3/b7-4-,9-8-,10-5+. The molecule has 0 unspecified atom stereocenters. The van der Waals surface area contributed by atoms with Crippen molar-refractivity contribution in [2.45, 2.75) is 27.2 Å². The zero-order valence-electron chi connectivity index (χ0n) is 8.00.